The van der Waals surface area contributed by atoms with Gasteiger partial charge in [0.15, 0.2) is 0 Å². The molecule has 1 saturated heterocycles. The summed E-state index contributed by atoms with van der Waals surface area (Å²) in [5, 5.41) is 13.5. The molecule has 4 amide bonds. The molecule has 0 aromatic heterocycles. The number of nitrogens with two attached hydrogens (primary N) is 2. The summed E-state index contributed by atoms with van der Waals surface area (Å²) in [6, 6.07) is -2.89. The van der Waals surface area contributed by atoms with E-state index in [1.165, 1.54) is 4.90 Å². The van der Waals surface area contributed by atoms with E-state index in [0.29, 0.717) is 19.4 Å². The highest BCUT2D eigenvalue weighted by Gasteiger charge is 2.38. The van der Waals surface area contributed by atoms with Gasteiger partial charge in [-0.3, -0.25) is 24.0 Å². The van der Waals surface area contributed by atoms with Crippen LogP contribution in [0.2, 0.25) is 0 Å². The number of primary amides is 1. The Hall–Kier alpha value is -2.69. The second-order valence-electron chi connectivity index (χ2n) is 6.81. The van der Waals surface area contributed by atoms with Gasteiger partial charge in [0.2, 0.25) is 23.6 Å². The summed E-state index contributed by atoms with van der Waals surface area (Å²) in [5.41, 5.74) is 10.7. The average molecular weight is 385 g/mol. The van der Waals surface area contributed by atoms with Crippen LogP contribution in [0.3, 0.4) is 0 Å². The lowest BCUT2D eigenvalue weighted by Crippen LogP contribution is -2.57. The fraction of sp³-hybridized carbons (Fsp3) is 0.688. The highest BCUT2D eigenvalue weighted by molar-refractivity contribution is 5.95. The molecule has 27 heavy (non-hydrogen) atoms. The number of carbonyl (C=O) groups is 5. The molecule has 1 heterocycles. The summed E-state index contributed by atoms with van der Waals surface area (Å²) in [5.74, 6) is -3.93. The van der Waals surface area contributed by atoms with Gasteiger partial charge in [0.1, 0.15) is 18.6 Å². The van der Waals surface area contributed by atoms with Crippen LogP contribution >= 0.6 is 0 Å². The van der Waals surface area contributed by atoms with Crippen molar-refractivity contribution in [3.63, 3.8) is 0 Å². The number of likely N-dealkylation sites (tertiary alicyclic amines) is 1. The smallest absolute Gasteiger partial charge is 0.322 e. The molecule has 0 spiro atoms. The van der Waals surface area contributed by atoms with Crippen molar-refractivity contribution in [2.45, 2.75) is 51.2 Å². The minimum atomic E-state index is -1.20. The van der Waals surface area contributed by atoms with Crippen molar-refractivity contribution >= 4 is 29.6 Å². The number of carbonyl (C=O) groups excluding carboxylic acids is 4. The monoisotopic (exact) mass is 385 g/mol. The molecule has 1 fully saturated rings. The lowest BCUT2D eigenvalue weighted by molar-refractivity contribution is -0.142. The molecule has 0 aliphatic carbocycles. The maximum absolute atomic E-state index is 12.6. The lowest BCUT2D eigenvalue weighted by atomic mass is 10.0. The van der Waals surface area contributed by atoms with E-state index in [9.17, 15) is 24.0 Å². The normalized spacial score (nSPS) is 18.7. The minimum Gasteiger partial charge on any atom is -0.480 e. The third-order valence-corrected chi connectivity index (χ3v) is 4.24. The standard InChI is InChI=1S/C16H27N5O6/c1-8(2)13(15(26)19-7-12(23)24)20-14(25)10-4-3-5-21(10)16(27)9(17)6-11(18)22/h8-10,13H,3-7,17H2,1-2H3,(H2,18,22)(H,19,26)(H,20,25)(H,23,24). The number of nitrogens with one attached hydrogen (secondary N) is 2. The first-order valence-corrected chi connectivity index (χ1v) is 8.68. The topological polar surface area (TPSA) is 185 Å². The number of hydrogen-bond acceptors (Lipinski definition) is 6. The van der Waals surface area contributed by atoms with Crippen LogP contribution in [0.25, 0.3) is 0 Å². The van der Waals surface area contributed by atoms with Crippen molar-refractivity contribution in [1.29, 1.82) is 0 Å². The Morgan fingerprint density at radius 2 is 1.85 bits per heavy atom. The van der Waals surface area contributed by atoms with E-state index in [1.54, 1.807) is 13.8 Å². The quantitative estimate of drug-likeness (QED) is 0.291. The number of carboxylic acid groups (broad SMARTS) is 1. The van der Waals surface area contributed by atoms with E-state index in [-0.39, 0.29) is 12.3 Å². The second kappa shape index (κ2) is 9.86. The Balaban J connectivity index is 2.79. The molecular formula is C16H27N5O6. The molecule has 3 atom stereocenters. The molecule has 152 valence electrons. The predicted octanol–water partition coefficient (Wildman–Crippen LogP) is -2.48. The van der Waals surface area contributed by atoms with Gasteiger partial charge in [-0.25, -0.2) is 0 Å². The number of rotatable bonds is 9. The van der Waals surface area contributed by atoms with Crippen LogP contribution in [-0.2, 0) is 24.0 Å². The Bertz CT molecular complexity index is 608. The molecule has 0 radical (unpaired) electrons. The third-order valence-electron chi connectivity index (χ3n) is 4.24. The van der Waals surface area contributed by atoms with Crippen LogP contribution in [0, 0.1) is 5.92 Å². The largest absolute Gasteiger partial charge is 0.480 e. The first-order chi connectivity index (χ1) is 12.5. The molecule has 11 nitrogen and oxygen atoms in total. The van der Waals surface area contributed by atoms with Crippen LogP contribution < -0.4 is 22.1 Å². The molecule has 0 saturated carbocycles. The van der Waals surface area contributed by atoms with Gasteiger partial charge in [-0.1, -0.05) is 13.8 Å². The Morgan fingerprint density at radius 1 is 1.22 bits per heavy atom. The van der Waals surface area contributed by atoms with Gasteiger partial charge in [-0.15, -0.1) is 0 Å². The zero-order valence-electron chi connectivity index (χ0n) is 15.4. The Morgan fingerprint density at radius 3 is 2.37 bits per heavy atom. The van der Waals surface area contributed by atoms with Gasteiger partial charge >= 0.3 is 5.97 Å². The average Bonchev–Trinajstić information content (AvgIpc) is 3.05. The summed E-state index contributed by atoms with van der Waals surface area (Å²) in [7, 11) is 0. The minimum absolute atomic E-state index is 0.301. The predicted molar refractivity (Wildman–Crippen MR) is 93.9 cm³/mol. The van der Waals surface area contributed by atoms with Gasteiger partial charge in [0, 0.05) is 6.54 Å². The molecule has 0 aromatic carbocycles. The molecule has 0 bridgehead atoms. The van der Waals surface area contributed by atoms with E-state index in [1.807, 2.05) is 0 Å². The van der Waals surface area contributed by atoms with Crippen molar-refractivity contribution < 1.29 is 29.1 Å². The number of aliphatic carboxylic acids is 1. The van der Waals surface area contributed by atoms with Gasteiger partial charge in [0.05, 0.1) is 12.5 Å². The number of amides is 4. The Labute approximate surface area is 156 Å². The molecule has 11 heteroatoms. The molecule has 3 unspecified atom stereocenters. The van der Waals surface area contributed by atoms with Crippen LogP contribution in [-0.4, -0.2) is 70.8 Å². The molecule has 7 N–H and O–H groups in total. The van der Waals surface area contributed by atoms with E-state index in [4.69, 9.17) is 16.6 Å². The van der Waals surface area contributed by atoms with Crippen molar-refractivity contribution in [1.82, 2.24) is 15.5 Å². The highest BCUT2D eigenvalue weighted by atomic mass is 16.4. The lowest BCUT2D eigenvalue weighted by Gasteiger charge is -2.29. The molecule has 0 aromatic rings. The maximum Gasteiger partial charge on any atom is 0.322 e. The third kappa shape index (κ3) is 6.51. The SMILES string of the molecule is CC(C)C(NC(=O)C1CCCN1C(=O)C(N)CC(N)=O)C(=O)NCC(=O)O. The van der Waals surface area contributed by atoms with Crippen LogP contribution in [0.4, 0.5) is 0 Å². The van der Waals surface area contributed by atoms with Crippen LogP contribution in [0.15, 0.2) is 0 Å². The number of nitrogens with zero attached hydrogens (tertiary/aromatic N) is 1. The van der Waals surface area contributed by atoms with Gasteiger partial charge in [-0.05, 0) is 18.8 Å². The van der Waals surface area contributed by atoms with E-state index < -0.39 is 54.3 Å². The fourth-order valence-electron chi connectivity index (χ4n) is 2.88. The second-order valence-corrected chi connectivity index (χ2v) is 6.81. The van der Waals surface area contributed by atoms with E-state index in [2.05, 4.69) is 10.6 Å². The molecule has 1 rings (SSSR count). The highest BCUT2D eigenvalue weighted by Crippen LogP contribution is 2.19. The van der Waals surface area contributed by atoms with Gasteiger partial charge < -0.3 is 32.1 Å². The summed E-state index contributed by atoms with van der Waals surface area (Å²) in [4.78, 5) is 60.0. The van der Waals surface area contributed by atoms with E-state index >= 15 is 0 Å². The maximum atomic E-state index is 12.6. The van der Waals surface area contributed by atoms with Crippen molar-refractivity contribution in [3.8, 4) is 0 Å². The van der Waals surface area contributed by atoms with Crippen molar-refractivity contribution in [2.24, 2.45) is 17.4 Å². The Kier molecular flexibility index (Phi) is 8.16. The summed E-state index contributed by atoms with van der Waals surface area (Å²) >= 11 is 0. The van der Waals surface area contributed by atoms with Crippen molar-refractivity contribution in [2.75, 3.05) is 13.1 Å². The van der Waals surface area contributed by atoms with Gasteiger partial charge in [-0.2, -0.15) is 0 Å². The molecule has 1 aliphatic rings. The van der Waals surface area contributed by atoms with Crippen LogP contribution in [0.5, 0.6) is 0 Å². The molecular weight excluding hydrogens is 358 g/mol. The zero-order chi connectivity index (χ0) is 20.7. The summed E-state index contributed by atoms with van der Waals surface area (Å²) in [6.07, 6.45) is 0.642. The fourth-order valence-corrected chi connectivity index (χ4v) is 2.88. The van der Waals surface area contributed by atoms with Crippen molar-refractivity contribution in [3.05, 3.63) is 0 Å². The first kappa shape index (κ1) is 22.4. The van der Waals surface area contributed by atoms with Gasteiger partial charge in [0.25, 0.3) is 0 Å². The number of carboxylic acids is 1. The molecule has 1 aliphatic heterocycles. The summed E-state index contributed by atoms with van der Waals surface area (Å²) in [6.45, 7) is 3.14. The number of hydrogen-bond donors (Lipinski definition) is 5. The van der Waals surface area contributed by atoms with E-state index in [0.717, 1.165) is 0 Å². The summed E-state index contributed by atoms with van der Waals surface area (Å²) < 4.78 is 0. The first-order valence-electron chi connectivity index (χ1n) is 8.68. The van der Waals surface area contributed by atoms with Crippen LogP contribution in [0.1, 0.15) is 33.1 Å². The zero-order valence-corrected chi connectivity index (χ0v) is 15.4.